The van der Waals surface area contributed by atoms with Crippen molar-refractivity contribution < 1.29 is 24.2 Å². The monoisotopic (exact) mass is 535 g/mol. The van der Waals surface area contributed by atoms with Gasteiger partial charge in [-0.1, -0.05) is 24.3 Å². The standard InChI is InChI=1S/C29H33N3O5S/c1-2-36-29-22(6-5-14-33)23(21-13-15-38-18-21)16-26(37-29)28(35)31-17-19-9-11-20(12-10-19)27(34)32-25-8-4-3-7-24(25)30/h3-4,7-13,15-16,18,22-23,29,33H,2,5-6,14,17,30H2,1H3,(H,31,35)(H,32,34). The number of thiophene rings is 1. The molecule has 5 N–H and O–H groups in total. The number of nitrogens with one attached hydrogen (secondary N) is 2. The first-order valence-electron chi connectivity index (χ1n) is 12.7. The topological polar surface area (TPSA) is 123 Å². The van der Waals surface area contributed by atoms with Crippen molar-refractivity contribution in [3.05, 3.63) is 93.9 Å². The number of aliphatic hydroxyl groups excluding tert-OH is 1. The highest BCUT2D eigenvalue weighted by atomic mass is 32.1. The highest BCUT2D eigenvalue weighted by molar-refractivity contribution is 7.08. The van der Waals surface area contributed by atoms with Crippen LogP contribution in [-0.2, 0) is 20.8 Å². The average Bonchev–Trinajstić information content (AvgIpc) is 3.47. The Balaban J connectivity index is 1.41. The summed E-state index contributed by atoms with van der Waals surface area (Å²) in [4.78, 5) is 25.7. The van der Waals surface area contributed by atoms with Gasteiger partial charge in [0.1, 0.15) is 0 Å². The number of ether oxygens (including phenoxy) is 2. The van der Waals surface area contributed by atoms with Crippen LogP contribution in [-0.4, -0.2) is 36.4 Å². The maximum atomic E-state index is 13.1. The van der Waals surface area contributed by atoms with E-state index in [1.807, 2.05) is 24.4 Å². The van der Waals surface area contributed by atoms with Crippen LogP contribution >= 0.6 is 11.3 Å². The number of allylic oxidation sites excluding steroid dienone is 1. The minimum Gasteiger partial charge on any atom is -0.459 e. The van der Waals surface area contributed by atoms with Gasteiger partial charge in [-0.3, -0.25) is 9.59 Å². The molecule has 1 aliphatic rings. The Hall–Kier alpha value is -3.66. The van der Waals surface area contributed by atoms with E-state index in [0.29, 0.717) is 36.4 Å². The number of benzene rings is 2. The normalized spacial score (nSPS) is 18.8. The summed E-state index contributed by atoms with van der Waals surface area (Å²) in [6, 6.07) is 16.1. The first-order valence-corrected chi connectivity index (χ1v) is 13.6. The largest absolute Gasteiger partial charge is 0.459 e. The quantitative estimate of drug-likeness (QED) is 0.265. The molecule has 2 heterocycles. The van der Waals surface area contributed by atoms with E-state index in [2.05, 4.69) is 16.0 Å². The van der Waals surface area contributed by atoms with E-state index in [0.717, 1.165) is 11.1 Å². The average molecular weight is 536 g/mol. The van der Waals surface area contributed by atoms with E-state index in [1.54, 1.807) is 59.9 Å². The smallest absolute Gasteiger partial charge is 0.286 e. The zero-order chi connectivity index (χ0) is 26.9. The van der Waals surface area contributed by atoms with E-state index in [9.17, 15) is 14.7 Å². The molecule has 0 bridgehead atoms. The first-order chi connectivity index (χ1) is 18.5. The third-order valence-corrected chi connectivity index (χ3v) is 7.14. The SMILES string of the molecule is CCOC1OC(C(=O)NCc2ccc(C(=O)Nc3ccccc3N)cc2)=CC(c2ccsc2)C1CCCO. The Kier molecular flexibility index (Phi) is 9.53. The lowest BCUT2D eigenvalue weighted by Gasteiger charge is -2.36. The minimum absolute atomic E-state index is 0.0156. The Labute approximate surface area is 226 Å². The summed E-state index contributed by atoms with van der Waals surface area (Å²) in [5, 5.41) is 19.2. The van der Waals surface area contributed by atoms with Crippen molar-refractivity contribution in [2.75, 3.05) is 24.3 Å². The van der Waals surface area contributed by atoms with Crippen LogP contribution in [0.4, 0.5) is 11.4 Å². The molecule has 3 unspecified atom stereocenters. The number of para-hydroxylation sites is 2. The van der Waals surface area contributed by atoms with Crippen molar-refractivity contribution in [1.29, 1.82) is 0 Å². The number of nitrogen functional groups attached to an aromatic ring is 1. The van der Waals surface area contributed by atoms with E-state index in [1.165, 1.54) is 0 Å². The summed E-state index contributed by atoms with van der Waals surface area (Å²) >= 11 is 1.60. The van der Waals surface area contributed by atoms with Gasteiger partial charge in [0, 0.05) is 37.2 Å². The molecule has 1 aliphatic heterocycles. The Morgan fingerprint density at radius 1 is 1.11 bits per heavy atom. The molecule has 2 aromatic carbocycles. The van der Waals surface area contributed by atoms with E-state index < -0.39 is 6.29 Å². The third-order valence-electron chi connectivity index (χ3n) is 6.44. The molecule has 0 aliphatic carbocycles. The molecule has 8 nitrogen and oxygen atoms in total. The number of amides is 2. The van der Waals surface area contributed by atoms with Crippen LogP contribution in [0.5, 0.6) is 0 Å². The zero-order valence-corrected chi connectivity index (χ0v) is 22.1. The number of nitrogens with two attached hydrogens (primary N) is 1. The summed E-state index contributed by atoms with van der Waals surface area (Å²) in [6.45, 7) is 2.69. The number of aliphatic hydroxyl groups is 1. The van der Waals surface area contributed by atoms with Crippen molar-refractivity contribution in [1.82, 2.24) is 5.32 Å². The zero-order valence-electron chi connectivity index (χ0n) is 21.3. The molecule has 0 saturated heterocycles. The number of carbonyl (C=O) groups excluding carboxylic acids is 2. The minimum atomic E-state index is -0.585. The van der Waals surface area contributed by atoms with Crippen LogP contribution in [0, 0.1) is 5.92 Å². The maximum absolute atomic E-state index is 13.1. The molecule has 4 rings (SSSR count). The van der Waals surface area contributed by atoms with Crippen LogP contribution in [0.3, 0.4) is 0 Å². The molecule has 3 atom stereocenters. The van der Waals surface area contributed by atoms with Crippen molar-refractivity contribution in [2.24, 2.45) is 5.92 Å². The van der Waals surface area contributed by atoms with Crippen molar-refractivity contribution in [2.45, 2.75) is 38.5 Å². The molecule has 2 amide bonds. The van der Waals surface area contributed by atoms with Crippen LogP contribution in [0.25, 0.3) is 0 Å². The second kappa shape index (κ2) is 13.2. The predicted octanol–water partition coefficient (Wildman–Crippen LogP) is 4.65. The van der Waals surface area contributed by atoms with Gasteiger partial charge in [-0.15, -0.1) is 0 Å². The molecular formula is C29H33N3O5S. The van der Waals surface area contributed by atoms with Gasteiger partial charge in [0.25, 0.3) is 11.8 Å². The molecular weight excluding hydrogens is 502 g/mol. The van der Waals surface area contributed by atoms with Crippen molar-refractivity contribution in [3.63, 3.8) is 0 Å². The predicted molar refractivity (Wildman–Crippen MR) is 149 cm³/mol. The summed E-state index contributed by atoms with van der Waals surface area (Å²) in [5.41, 5.74) is 9.37. The van der Waals surface area contributed by atoms with Gasteiger partial charge in [-0.2, -0.15) is 11.3 Å². The van der Waals surface area contributed by atoms with Crippen LogP contribution in [0.15, 0.2) is 77.2 Å². The van der Waals surface area contributed by atoms with Crippen molar-refractivity contribution in [3.8, 4) is 0 Å². The summed E-state index contributed by atoms with van der Waals surface area (Å²) < 4.78 is 11.9. The molecule has 0 spiro atoms. The summed E-state index contributed by atoms with van der Waals surface area (Å²) in [6.07, 6.45) is 2.61. The van der Waals surface area contributed by atoms with Gasteiger partial charge in [0.15, 0.2) is 5.76 Å². The second-order valence-corrected chi connectivity index (χ2v) is 9.79. The molecule has 3 aromatic rings. The van der Waals surface area contributed by atoms with E-state index >= 15 is 0 Å². The summed E-state index contributed by atoms with van der Waals surface area (Å²) in [7, 11) is 0. The number of hydrogen-bond donors (Lipinski definition) is 4. The highest BCUT2D eigenvalue weighted by Crippen LogP contribution is 2.40. The lowest BCUT2D eigenvalue weighted by atomic mass is 9.81. The molecule has 200 valence electrons. The molecule has 9 heteroatoms. The van der Waals surface area contributed by atoms with E-state index in [4.69, 9.17) is 15.2 Å². The fraction of sp³-hybridized carbons (Fsp3) is 0.310. The summed E-state index contributed by atoms with van der Waals surface area (Å²) in [5.74, 6) is -0.460. The third kappa shape index (κ3) is 6.80. The van der Waals surface area contributed by atoms with Crippen LogP contribution < -0.4 is 16.4 Å². The van der Waals surface area contributed by atoms with Gasteiger partial charge in [0.05, 0.1) is 11.4 Å². The highest BCUT2D eigenvalue weighted by Gasteiger charge is 2.37. The second-order valence-electron chi connectivity index (χ2n) is 9.01. The Morgan fingerprint density at radius 2 is 1.89 bits per heavy atom. The Bertz CT molecular complexity index is 1240. The first kappa shape index (κ1) is 27.4. The Morgan fingerprint density at radius 3 is 2.58 bits per heavy atom. The number of hydrogen-bond acceptors (Lipinski definition) is 7. The van der Waals surface area contributed by atoms with Crippen molar-refractivity contribution >= 4 is 34.5 Å². The molecule has 0 saturated carbocycles. The lowest BCUT2D eigenvalue weighted by molar-refractivity contribution is -0.166. The van der Waals surface area contributed by atoms with Gasteiger partial charge >= 0.3 is 0 Å². The number of rotatable bonds is 11. The molecule has 0 radical (unpaired) electrons. The van der Waals surface area contributed by atoms with Gasteiger partial charge in [-0.05, 0) is 78.1 Å². The van der Waals surface area contributed by atoms with Crippen LogP contribution in [0.2, 0.25) is 0 Å². The molecule has 38 heavy (non-hydrogen) atoms. The van der Waals surface area contributed by atoms with Gasteiger partial charge in [0.2, 0.25) is 6.29 Å². The number of anilines is 2. The fourth-order valence-electron chi connectivity index (χ4n) is 4.46. The number of carbonyl (C=O) groups is 2. The fourth-order valence-corrected chi connectivity index (χ4v) is 5.17. The van der Waals surface area contributed by atoms with Crippen LogP contribution in [0.1, 0.15) is 47.2 Å². The molecule has 1 aromatic heterocycles. The lowest BCUT2D eigenvalue weighted by Crippen LogP contribution is -2.38. The van der Waals surface area contributed by atoms with Gasteiger partial charge < -0.3 is 30.9 Å². The van der Waals surface area contributed by atoms with Gasteiger partial charge in [-0.25, -0.2) is 0 Å². The maximum Gasteiger partial charge on any atom is 0.286 e. The molecule has 0 fully saturated rings. The van der Waals surface area contributed by atoms with E-state index in [-0.39, 0.29) is 42.6 Å².